The second-order valence-corrected chi connectivity index (χ2v) is 5.40. The summed E-state index contributed by atoms with van der Waals surface area (Å²) in [6.45, 7) is 0.214. The average Bonchev–Trinajstić information content (AvgIpc) is 2.75. The monoisotopic (exact) mass is 369 g/mol. The first-order valence-electron chi connectivity index (χ1n) is 8.04. The van der Waals surface area contributed by atoms with Crippen molar-refractivity contribution in [3.05, 3.63) is 77.1 Å². The summed E-state index contributed by atoms with van der Waals surface area (Å²) in [5.41, 5.74) is 6.57. The molecule has 0 unspecified atom stereocenters. The largest absolute Gasteiger partial charge is 0.388 e. The summed E-state index contributed by atoms with van der Waals surface area (Å²) in [7, 11) is 0. The molecule has 0 heterocycles. The number of allylic oxidation sites excluding steroid dienone is 2. The first-order chi connectivity index (χ1) is 13.6. The van der Waals surface area contributed by atoms with Crippen LogP contribution in [0.15, 0.2) is 71.0 Å². The molecule has 2 aromatic rings. The van der Waals surface area contributed by atoms with E-state index in [-0.39, 0.29) is 12.2 Å². The van der Waals surface area contributed by atoms with E-state index in [2.05, 4.69) is 10.3 Å². The number of aliphatic imine (C=N–C) groups is 1. The molecule has 136 valence electrons. The van der Waals surface area contributed by atoms with Crippen LogP contribution in [0.2, 0.25) is 0 Å². The Kier molecular flexibility index (Phi) is 6.87. The van der Waals surface area contributed by atoms with E-state index in [1.165, 1.54) is 0 Å². The van der Waals surface area contributed by atoms with E-state index in [0.717, 1.165) is 16.8 Å². The van der Waals surface area contributed by atoms with Gasteiger partial charge in [0.15, 0.2) is 5.70 Å². The molecule has 0 saturated carbocycles. The molecule has 0 saturated heterocycles. The second-order valence-electron chi connectivity index (χ2n) is 5.40. The molecule has 0 aromatic heterocycles. The molecule has 2 aromatic carbocycles. The van der Waals surface area contributed by atoms with Gasteiger partial charge in [0.05, 0.1) is 17.3 Å². The van der Waals surface area contributed by atoms with E-state index in [1.807, 2.05) is 36.4 Å². The highest BCUT2D eigenvalue weighted by Crippen LogP contribution is 2.13. The summed E-state index contributed by atoms with van der Waals surface area (Å²) in [5.74, 6) is 0. The summed E-state index contributed by atoms with van der Waals surface area (Å²) < 4.78 is 0. The molecule has 0 spiro atoms. The number of rotatable bonds is 5. The van der Waals surface area contributed by atoms with Crippen LogP contribution in [0.25, 0.3) is 0 Å². The Morgan fingerprint density at radius 3 is 2.32 bits per heavy atom. The lowest BCUT2D eigenvalue weighted by molar-refractivity contribution is 0.228. The van der Waals surface area contributed by atoms with Crippen molar-refractivity contribution in [3.8, 4) is 18.2 Å². The number of carbonyl (C=O) groups is 1. The van der Waals surface area contributed by atoms with E-state index in [1.54, 1.807) is 36.4 Å². The lowest BCUT2D eigenvalue weighted by atomic mass is 10.2. The zero-order valence-electron chi connectivity index (χ0n) is 14.7. The van der Waals surface area contributed by atoms with Gasteiger partial charge in [-0.2, -0.15) is 15.8 Å². The highest BCUT2D eigenvalue weighted by molar-refractivity contribution is 5.90. The van der Waals surface area contributed by atoms with E-state index in [4.69, 9.17) is 16.3 Å². The molecule has 0 radical (unpaired) electrons. The second kappa shape index (κ2) is 9.76. The van der Waals surface area contributed by atoms with Gasteiger partial charge in [0.1, 0.15) is 24.2 Å². The van der Waals surface area contributed by atoms with Gasteiger partial charge in [0.25, 0.3) is 0 Å². The standard InChI is InChI=1S/C20H15N7O/c21-10-15-6-8-17(9-7-15)26-14-27(19(12-23)18(24)11-22)20(28)25-13-16-4-2-1-3-5-16/h1-9,14H,13,24H2,(H,25,28)/b19-18-,26-14?. The molecule has 0 aliphatic rings. The lowest BCUT2D eigenvalue weighted by Gasteiger charge is -2.17. The summed E-state index contributed by atoms with van der Waals surface area (Å²) in [4.78, 5) is 17.6. The van der Waals surface area contributed by atoms with Gasteiger partial charge in [-0.1, -0.05) is 30.3 Å². The van der Waals surface area contributed by atoms with Gasteiger partial charge in [-0.25, -0.2) is 14.7 Å². The number of nitrogens with one attached hydrogen (secondary N) is 1. The lowest BCUT2D eigenvalue weighted by Crippen LogP contribution is -2.39. The van der Waals surface area contributed by atoms with Crippen LogP contribution in [-0.4, -0.2) is 17.3 Å². The molecule has 0 atom stereocenters. The Morgan fingerprint density at radius 2 is 1.75 bits per heavy atom. The Labute approximate surface area is 162 Å². The van der Waals surface area contributed by atoms with Crippen LogP contribution in [0.5, 0.6) is 0 Å². The van der Waals surface area contributed by atoms with Crippen molar-refractivity contribution in [2.75, 3.05) is 0 Å². The molecule has 2 amide bonds. The van der Waals surface area contributed by atoms with Crippen LogP contribution >= 0.6 is 0 Å². The first kappa shape index (κ1) is 19.7. The van der Waals surface area contributed by atoms with Crippen molar-refractivity contribution in [2.24, 2.45) is 10.7 Å². The quantitative estimate of drug-likeness (QED) is 0.473. The molecule has 0 fully saturated rings. The van der Waals surface area contributed by atoms with E-state index in [9.17, 15) is 10.1 Å². The molecule has 0 aliphatic heterocycles. The molecule has 0 aliphatic carbocycles. The van der Waals surface area contributed by atoms with Gasteiger partial charge >= 0.3 is 6.03 Å². The van der Waals surface area contributed by atoms with Gasteiger partial charge in [-0.05, 0) is 29.8 Å². The minimum absolute atomic E-state index is 0.214. The zero-order valence-corrected chi connectivity index (χ0v) is 14.7. The molecule has 2 rings (SSSR count). The van der Waals surface area contributed by atoms with E-state index < -0.39 is 11.7 Å². The van der Waals surface area contributed by atoms with Crippen LogP contribution < -0.4 is 11.1 Å². The molecule has 8 heteroatoms. The Hall–Kier alpha value is -4.61. The normalized spacial score (nSPS) is 10.9. The molecular weight excluding hydrogens is 354 g/mol. The number of benzene rings is 2. The van der Waals surface area contributed by atoms with Gasteiger partial charge < -0.3 is 11.1 Å². The van der Waals surface area contributed by atoms with Crippen molar-refractivity contribution < 1.29 is 4.79 Å². The molecular formula is C20H15N7O. The minimum atomic E-state index is -0.670. The Balaban J connectivity index is 2.27. The maximum absolute atomic E-state index is 12.6. The van der Waals surface area contributed by atoms with Gasteiger partial charge in [-0.15, -0.1) is 0 Å². The number of hydrogen-bond acceptors (Lipinski definition) is 6. The van der Waals surface area contributed by atoms with Crippen LogP contribution in [0.3, 0.4) is 0 Å². The highest BCUT2D eigenvalue weighted by Gasteiger charge is 2.19. The van der Waals surface area contributed by atoms with Crippen LogP contribution in [0.4, 0.5) is 10.5 Å². The third-order valence-electron chi connectivity index (χ3n) is 3.55. The van der Waals surface area contributed by atoms with E-state index >= 15 is 0 Å². The molecule has 0 bridgehead atoms. The summed E-state index contributed by atoms with van der Waals surface area (Å²) in [6, 6.07) is 20.2. The van der Waals surface area contributed by atoms with E-state index in [0.29, 0.717) is 11.3 Å². The van der Waals surface area contributed by atoms with Crippen LogP contribution in [-0.2, 0) is 6.54 Å². The maximum atomic E-state index is 12.6. The topological polar surface area (TPSA) is 142 Å². The van der Waals surface area contributed by atoms with Crippen molar-refractivity contribution >= 4 is 18.1 Å². The maximum Gasteiger partial charge on any atom is 0.328 e. The average molecular weight is 369 g/mol. The van der Waals surface area contributed by atoms with Gasteiger partial charge in [0.2, 0.25) is 0 Å². The van der Waals surface area contributed by atoms with Crippen molar-refractivity contribution in [3.63, 3.8) is 0 Å². The van der Waals surface area contributed by atoms with Crippen molar-refractivity contribution in [1.82, 2.24) is 10.2 Å². The third kappa shape index (κ3) is 5.19. The number of hydrogen-bond donors (Lipinski definition) is 2. The van der Waals surface area contributed by atoms with Crippen LogP contribution in [0.1, 0.15) is 11.1 Å². The number of amides is 2. The smallest absolute Gasteiger partial charge is 0.328 e. The first-order valence-corrected chi connectivity index (χ1v) is 8.04. The van der Waals surface area contributed by atoms with Gasteiger partial charge in [-0.3, -0.25) is 0 Å². The third-order valence-corrected chi connectivity index (χ3v) is 3.55. The molecule has 3 N–H and O–H groups in total. The number of urea groups is 1. The van der Waals surface area contributed by atoms with Crippen molar-refractivity contribution in [1.29, 1.82) is 15.8 Å². The summed E-state index contributed by atoms with van der Waals surface area (Å²) >= 11 is 0. The fraction of sp³-hybridized carbons (Fsp3) is 0.0500. The summed E-state index contributed by atoms with van der Waals surface area (Å²) in [6.07, 6.45) is 1.10. The highest BCUT2D eigenvalue weighted by atomic mass is 16.2. The Morgan fingerprint density at radius 1 is 1.07 bits per heavy atom. The fourth-order valence-electron chi connectivity index (χ4n) is 2.11. The number of nitrogens with zero attached hydrogens (tertiary/aromatic N) is 5. The molecule has 8 nitrogen and oxygen atoms in total. The SMILES string of the molecule is N#C/C(N)=C(\C#N)N(C=Nc1ccc(C#N)cc1)C(=O)NCc1ccccc1. The summed E-state index contributed by atoms with van der Waals surface area (Å²) in [5, 5.41) is 29.8. The number of carbonyl (C=O) groups excluding carboxylic acids is 1. The van der Waals surface area contributed by atoms with Crippen molar-refractivity contribution in [2.45, 2.75) is 6.54 Å². The predicted molar refractivity (Wildman–Crippen MR) is 102 cm³/mol. The Bertz CT molecular complexity index is 1020. The van der Waals surface area contributed by atoms with Crippen LogP contribution in [0, 0.1) is 34.0 Å². The predicted octanol–water partition coefficient (Wildman–Crippen LogP) is 2.65. The van der Waals surface area contributed by atoms with Gasteiger partial charge in [0, 0.05) is 6.54 Å². The fourth-order valence-corrected chi connectivity index (χ4v) is 2.11. The number of nitrogens with two attached hydrogens (primary N) is 1. The minimum Gasteiger partial charge on any atom is -0.388 e. The number of nitriles is 3. The molecule has 28 heavy (non-hydrogen) atoms. The zero-order chi connectivity index (χ0) is 20.4.